The molecule has 0 spiro atoms. The summed E-state index contributed by atoms with van der Waals surface area (Å²) in [6, 6.07) is 29.9. The first-order valence-corrected chi connectivity index (χ1v) is 13.0. The Labute approximate surface area is 235 Å². The molecule has 4 rings (SSSR count). The fraction of sp³-hybridized carbons (Fsp3) is 0.0968. The molecule has 1 N–H and O–H groups in total. The van der Waals surface area contributed by atoms with Crippen LogP contribution in [0.15, 0.2) is 101 Å². The molecule has 0 unspecified atom stereocenters. The fourth-order valence-corrected chi connectivity index (χ4v) is 4.31. The number of nitrogens with zero attached hydrogens (tertiary/aromatic N) is 1. The van der Waals surface area contributed by atoms with E-state index in [1.807, 2.05) is 55.5 Å². The highest BCUT2D eigenvalue weighted by Crippen LogP contribution is 2.28. The number of benzene rings is 4. The summed E-state index contributed by atoms with van der Waals surface area (Å²) >= 11 is 9.68. The molecule has 0 fully saturated rings. The Bertz CT molecular complexity index is 1510. The number of nitrogens with one attached hydrogen (secondary N) is 1. The van der Waals surface area contributed by atoms with Gasteiger partial charge < -0.3 is 14.8 Å². The minimum Gasteiger partial charge on any atom is -0.489 e. The lowest BCUT2D eigenvalue weighted by atomic mass is 10.1. The number of carbonyl (C=O) groups is 1. The molecule has 7 heteroatoms. The highest BCUT2D eigenvalue weighted by molar-refractivity contribution is 9.10. The Hall–Kier alpha value is -4.05. The SMILES string of the molecule is Cc1cccc(COc2ccc(/C=C(\C#N)C(=O)Nc3ccc(OCc4ccccc4Cl)cc3)cc2Br)c1. The van der Waals surface area contributed by atoms with E-state index in [-0.39, 0.29) is 5.57 Å². The van der Waals surface area contributed by atoms with Crippen LogP contribution in [-0.4, -0.2) is 5.91 Å². The summed E-state index contributed by atoms with van der Waals surface area (Å²) < 4.78 is 12.4. The maximum atomic E-state index is 12.7. The van der Waals surface area contributed by atoms with Crippen LogP contribution in [0.1, 0.15) is 22.3 Å². The van der Waals surface area contributed by atoms with Crippen LogP contribution < -0.4 is 14.8 Å². The molecule has 0 aliphatic rings. The van der Waals surface area contributed by atoms with Crippen LogP contribution in [-0.2, 0) is 18.0 Å². The number of nitriles is 1. The van der Waals surface area contributed by atoms with Gasteiger partial charge in [-0.05, 0) is 82.5 Å². The molecule has 4 aromatic carbocycles. The van der Waals surface area contributed by atoms with Gasteiger partial charge in [-0.2, -0.15) is 5.26 Å². The van der Waals surface area contributed by atoms with Gasteiger partial charge >= 0.3 is 0 Å². The first-order chi connectivity index (χ1) is 18.4. The van der Waals surface area contributed by atoms with Gasteiger partial charge in [-0.15, -0.1) is 0 Å². The maximum absolute atomic E-state index is 12.7. The molecular formula is C31H24BrClN2O3. The summed E-state index contributed by atoms with van der Waals surface area (Å²) in [6.07, 6.45) is 1.53. The second-order valence-corrected chi connectivity index (χ2v) is 9.76. The smallest absolute Gasteiger partial charge is 0.266 e. The van der Waals surface area contributed by atoms with Crippen molar-refractivity contribution >= 4 is 45.2 Å². The zero-order chi connectivity index (χ0) is 26.9. The maximum Gasteiger partial charge on any atom is 0.266 e. The number of anilines is 1. The van der Waals surface area contributed by atoms with Crippen LogP contribution in [0.25, 0.3) is 6.08 Å². The van der Waals surface area contributed by atoms with E-state index in [0.717, 1.165) is 15.6 Å². The van der Waals surface area contributed by atoms with Crippen LogP contribution in [0.5, 0.6) is 11.5 Å². The number of rotatable bonds is 9. The third kappa shape index (κ3) is 7.48. The average Bonchev–Trinajstić information content (AvgIpc) is 2.91. The minimum absolute atomic E-state index is 0.0237. The number of carbonyl (C=O) groups excluding carboxylic acids is 1. The molecule has 38 heavy (non-hydrogen) atoms. The van der Waals surface area contributed by atoms with E-state index >= 15 is 0 Å². The number of hydrogen-bond acceptors (Lipinski definition) is 4. The highest BCUT2D eigenvalue weighted by atomic mass is 79.9. The molecule has 0 saturated heterocycles. The molecule has 4 aromatic rings. The first kappa shape index (κ1) is 27.0. The second-order valence-electron chi connectivity index (χ2n) is 8.50. The van der Waals surface area contributed by atoms with Gasteiger partial charge in [0.15, 0.2) is 0 Å². The van der Waals surface area contributed by atoms with Crippen molar-refractivity contribution in [1.29, 1.82) is 5.26 Å². The Morgan fingerprint density at radius 3 is 2.47 bits per heavy atom. The Balaban J connectivity index is 1.36. The third-order valence-corrected chi connectivity index (χ3v) is 6.56. The Morgan fingerprint density at radius 2 is 1.76 bits per heavy atom. The number of amides is 1. The lowest BCUT2D eigenvalue weighted by Crippen LogP contribution is -2.13. The molecule has 0 bridgehead atoms. The van der Waals surface area contributed by atoms with Crippen LogP contribution in [0, 0.1) is 18.3 Å². The summed E-state index contributed by atoms with van der Waals surface area (Å²) in [5, 5.41) is 13.0. The van der Waals surface area contributed by atoms with Gasteiger partial charge in [-0.25, -0.2) is 0 Å². The molecule has 1 amide bonds. The van der Waals surface area contributed by atoms with Gasteiger partial charge in [0, 0.05) is 16.3 Å². The highest BCUT2D eigenvalue weighted by Gasteiger charge is 2.11. The Morgan fingerprint density at radius 1 is 0.974 bits per heavy atom. The van der Waals surface area contributed by atoms with Gasteiger partial charge in [0.2, 0.25) is 0 Å². The zero-order valence-electron chi connectivity index (χ0n) is 20.6. The van der Waals surface area contributed by atoms with Crippen LogP contribution in [0.2, 0.25) is 5.02 Å². The number of ether oxygens (including phenoxy) is 2. The van der Waals surface area contributed by atoms with E-state index in [2.05, 4.69) is 27.3 Å². The molecule has 190 valence electrons. The van der Waals surface area contributed by atoms with Gasteiger partial charge in [0.1, 0.15) is 36.4 Å². The average molecular weight is 588 g/mol. The van der Waals surface area contributed by atoms with Crippen molar-refractivity contribution in [2.75, 3.05) is 5.32 Å². The molecule has 0 atom stereocenters. The molecule has 0 aliphatic heterocycles. The number of hydrogen-bond donors (Lipinski definition) is 1. The predicted molar refractivity (Wildman–Crippen MR) is 154 cm³/mol. The summed E-state index contributed by atoms with van der Waals surface area (Å²) in [4.78, 5) is 12.7. The molecular weight excluding hydrogens is 564 g/mol. The van der Waals surface area contributed by atoms with E-state index in [1.165, 1.54) is 11.6 Å². The second kappa shape index (κ2) is 13.0. The molecule has 0 heterocycles. The fourth-order valence-electron chi connectivity index (χ4n) is 3.61. The molecule has 0 radical (unpaired) electrons. The Kier molecular flexibility index (Phi) is 9.21. The van der Waals surface area contributed by atoms with Crippen molar-refractivity contribution in [2.45, 2.75) is 20.1 Å². The standard InChI is InChI=1S/C31H24BrClN2O3/c1-21-5-4-6-23(15-21)19-38-30-14-9-22(17-28(30)32)16-25(18-34)31(36)35-26-10-12-27(13-11-26)37-20-24-7-2-3-8-29(24)33/h2-17H,19-20H2,1H3,(H,35,36)/b25-16+. The molecule has 0 aliphatic carbocycles. The quantitative estimate of drug-likeness (QED) is 0.159. The largest absolute Gasteiger partial charge is 0.489 e. The molecule has 0 saturated carbocycles. The van der Waals surface area contributed by atoms with Crippen molar-refractivity contribution in [3.63, 3.8) is 0 Å². The summed E-state index contributed by atoms with van der Waals surface area (Å²) in [5.74, 6) is 0.796. The van der Waals surface area contributed by atoms with Crippen molar-refractivity contribution in [2.24, 2.45) is 0 Å². The summed E-state index contributed by atoms with van der Waals surface area (Å²) in [6.45, 7) is 2.81. The first-order valence-electron chi connectivity index (χ1n) is 11.8. The molecule has 0 aromatic heterocycles. The van der Waals surface area contributed by atoms with Crippen molar-refractivity contribution in [3.8, 4) is 17.6 Å². The molecule has 5 nitrogen and oxygen atoms in total. The van der Waals surface area contributed by atoms with E-state index < -0.39 is 5.91 Å². The minimum atomic E-state index is -0.506. The van der Waals surface area contributed by atoms with Gasteiger partial charge in [-0.1, -0.05) is 65.7 Å². The zero-order valence-corrected chi connectivity index (χ0v) is 22.9. The number of aryl methyl sites for hydroxylation is 1. The van der Waals surface area contributed by atoms with Gasteiger partial charge in [-0.3, -0.25) is 4.79 Å². The monoisotopic (exact) mass is 586 g/mol. The van der Waals surface area contributed by atoms with Crippen molar-refractivity contribution < 1.29 is 14.3 Å². The van der Waals surface area contributed by atoms with Crippen LogP contribution >= 0.6 is 27.5 Å². The lowest BCUT2D eigenvalue weighted by molar-refractivity contribution is -0.112. The normalized spacial score (nSPS) is 10.9. The van der Waals surface area contributed by atoms with E-state index in [1.54, 1.807) is 42.5 Å². The summed E-state index contributed by atoms with van der Waals surface area (Å²) in [7, 11) is 0. The van der Waals surface area contributed by atoms with Gasteiger partial charge in [0.25, 0.3) is 5.91 Å². The third-order valence-electron chi connectivity index (χ3n) is 5.57. The lowest BCUT2D eigenvalue weighted by Gasteiger charge is -2.10. The topological polar surface area (TPSA) is 71.3 Å². The van der Waals surface area contributed by atoms with Crippen LogP contribution in [0.4, 0.5) is 5.69 Å². The van der Waals surface area contributed by atoms with Crippen molar-refractivity contribution in [1.82, 2.24) is 0 Å². The van der Waals surface area contributed by atoms with E-state index in [4.69, 9.17) is 21.1 Å². The van der Waals surface area contributed by atoms with Crippen LogP contribution in [0.3, 0.4) is 0 Å². The van der Waals surface area contributed by atoms with Crippen molar-refractivity contribution in [3.05, 3.63) is 128 Å². The van der Waals surface area contributed by atoms with E-state index in [0.29, 0.717) is 41.0 Å². The predicted octanol–water partition coefficient (Wildman–Crippen LogP) is 8.11. The number of halogens is 2. The summed E-state index contributed by atoms with van der Waals surface area (Å²) in [5.41, 5.74) is 4.34. The van der Waals surface area contributed by atoms with E-state index in [9.17, 15) is 10.1 Å². The van der Waals surface area contributed by atoms with Gasteiger partial charge in [0.05, 0.1) is 4.47 Å².